The van der Waals surface area contributed by atoms with Gasteiger partial charge in [-0.3, -0.25) is 14.4 Å². The molecule has 1 heterocycles. The molecule has 1 aromatic carbocycles. The smallest absolute Gasteiger partial charge is 0.326 e. The molecule has 0 spiro atoms. The fourth-order valence-corrected chi connectivity index (χ4v) is 2.91. The van der Waals surface area contributed by atoms with Gasteiger partial charge in [-0.2, -0.15) is 0 Å². The number of amides is 2. The third kappa shape index (κ3) is 5.79. The summed E-state index contributed by atoms with van der Waals surface area (Å²) in [6.07, 6.45) is 1.41. The zero-order valence-corrected chi connectivity index (χ0v) is 15.8. The Kier molecular flexibility index (Phi) is 7.32. The van der Waals surface area contributed by atoms with E-state index in [-0.39, 0.29) is 12.8 Å². The van der Waals surface area contributed by atoms with Crippen molar-refractivity contribution in [3.05, 3.63) is 36.0 Å². The van der Waals surface area contributed by atoms with Crippen molar-refractivity contribution in [1.29, 1.82) is 0 Å². The van der Waals surface area contributed by atoms with Crippen LogP contribution in [0, 0.1) is 0 Å². The molecule has 0 bridgehead atoms. The number of H-pyrrole nitrogens is 1. The van der Waals surface area contributed by atoms with Gasteiger partial charge < -0.3 is 31.6 Å². The number of carbonyl (C=O) groups is 4. The Balaban J connectivity index is 1.99. The van der Waals surface area contributed by atoms with Gasteiger partial charge in [0.05, 0.1) is 12.5 Å². The van der Waals surface area contributed by atoms with E-state index in [0.717, 1.165) is 16.5 Å². The predicted octanol–water partition coefficient (Wildman–Crippen LogP) is -0.0234. The van der Waals surface area contributed by atoms with Crippen LogP contribution in [0.4, 0.5) is 0 Å². The molecule has 2 rings (SSSR count). The molecular weight excluding hydrogens is 380 g/mol. The molecule has 10 heteroatoms. The van der Waals surface area contributed by atoms with Crippen molar-refractivity contribution >= 4 is 34.7 Å². The fourth-order valence-electron chi connectivity index (χ4n) is 2.91. The predicted molar refractivity (Wildman–Crippen MR) is 104 cm³/mol. The second kappa shape index (κ2) is 9.69. The third-order valence-electron chi connectivity index (χ3n) is 4.49. The van der Waals surface area contributed by atoms with Gasteiger partial charge in [0, 0.05) is 17.1 Å². The first kappa shape index (κ1) is 21.9. The second-order valence-corrected chi connectivity index (χ2v) is 6.64. The third-order valence-corrected chi connectivity index (χ3v) is 4.49. The van der Waals surface area contributed by atoms with Gasteiger partial charge >= 0.3 is 11.9 Å². The summed E-state index contributed by atoms with van der Waals surface area (Å²) in [4.78, 5) is 49.7. The van der Waals surface area contributed by atoms with Crippen LogP contribution in [-0.2, 0) is 25.6 Å². The molecule has 10 nitrogen and oxygen atoms in total. The summed E-state index contributed by atoms with van der Waals surface area (Å²) in [5.74, 6) is -4.19. The molecule has 7 N–H and O–H groups in total. The van der Waals surface area contributed by atoms with Gasteiger partial charge in [0.2, 0.25) is 11.8 Å². The number of aromatic nitrogens is 1. The minimum absolute atomic E-state index is 0.177. The number of hydrogen-bond acceptors (Lipinski definition) is 5. The number of nitrogens with two attached hydrogens (primary N) is 1. The van der Waals surface area contributed by atoms with Crippen LogP contribution in [0.5, 0.6) is 0 Å². The number of benzene rings is 1. The van der Waals surface area contributed by atoms with E-state index in [2.05, 4.69) is 15.6 Å². The van der Waals surface area contributed by atoms with Crippen LogP contribution in [0.1, 0.15) is 25.3 Å². The maximum Gasteiger partial charge on any atom is 0.326 e. The summed E-state index contributed by atoms with van der Waals surface area (Å²) in [6, 6.07) is 4.01. The molecule has 0 saturated carbocycles. The van der Waals surface area contributed by atoms with E-state index in [1.165, 1.54) is 0 Å². The summed E-state index contributed by atoms with van der Waals surface area (Å²) in [5, 5.41) is 23.4. The Morgan fingerprint density at radius 2 is 1.72 bits per heavy atom. The Morgan fingerprint density at radius 3 is 2.34 bits per heavy atom. The van der Waals surface area contributed by atoms with Gasteiger partial charge in [0.25, 0.3) is 0 Å². The number of rotatable bonds is 10. The first-order chi connectivity index (χ1) is 13.7. The van der Waals surface area contributed by atoms with E-state index in [0.29, 0.717) is 0 Å². The Hall–Kier alpha value is -3.40. The van der Waals surface area contributed by atoms with Crippen LogP contribution in [0.15, 0.2) is 30.5 Å². The normalized spacial score (nSPS) is 14.0. The standard InChI is InChI=1S/C19H24N4O6/c1-2-13(18(27)23-15(19(28)29)8-16(24)25)22-17(26)12(20)7-10-9-21-14-6-4-3-5-11(10)14/h3-6,9,12-13,15,21H,2,7-8,20H2,1H3,(H,22,26)(H,23,27)(H,24,25)(H,28,29). The van der Waals surface area contributed by atoms with Crippen molar-refractivity contribution in [3.63, 3.8) is 0 Å². The molecule has 2 aromatic rings. The van der Waals surface area contributed by atoms with E-state index in [1.807, 2.05) is 24.3 Å². The second-order valence-electron chi connectivity index (χ2n) is 6.64. The molecule has 156 valence electrons. The molecule has 3 unspecified atom stereocenters. The molecule has 0 saturated heterocycles. The number of nitrogens with one attached hydrogen (secondary N) is 3. The van der Waals surface area contributed by atoms with Crippen LogP contribution in [0.25, 0.3) is 10.9 Å². The number of carboxylic acids is 2. The number of hydrogen-bond donors (Lipinski definition) is 6. The highest BCUT2D eigenvalue weighted by molar-refractivity contribution is 5.93. The highest BCUT2D eigenvalue weighted by Gasteiger charge is 2.28. The molecule has 0 radical (unpaired) electrons. The first-order valence-corrected chi connectivity index (χ1v) is 9.08. The SMILES string of the molecule is CCC(NC(=O)C(N)Cc1c[nH]c2ccccc12)C(=O)NC(CC(=O)O)C(=O)O. The maximum absolute atomic E-state index is 12.4. The number of aromatic amines is 1. The molecule has 1 aromatic heterocycles. The summed E-state index contributed by atoms with van der Waals surface area (Å²) in [6.45, 7) is 1.63. The van der Waals surface area contributed by atoms with Gasteiger partial charge in [0.1, 0.15) is 12.1 Å². The summed E-state index contributed by atoms with van der Waals surface area (Å²) < 4.78 is 0. The van der Waals surface area contributed by atoms with Gasteiger partial charge in [-0.1, -0.05) is 25.1 Å². The average molecular weight is 404 g/mol. The maximum atomic E-state index is 12.4. The van der Waals surface area contributed by atoms with E-state index in [4.69, 9.17) is 15.9 Å². The molecule has 29 heavy (non-hydrogen) atoms. The van der Waals surface area contributed by atoms with Crippen LogP contribution < -0.4 is 16.4 Å². The van der Waals surface area contributed by atoms with Crippen molar-refractivity contribution in [2.75, 3.05) is 0 Å². The number of carbonyl (C=O) groups excluding carboxylic acids is 2. The lowest BCUT2D eigenvalue weighted by molar-refractivity contribution is -0.147. The van der Waals surface area contributed by atoms with Crippen molar-refractivity contribution in [2.24, 2.45) is 5.73 Å². The Morgan fingerprint density at radius 1 is 1.07 bits per heavy atom. The summed E-state index contributed by atoms with van der Waals surface area (Å²) in [5.41, 5.74) is 7.76. The summed E-state index contributed by atoms with van der Waals surface area (Å²) >= 11 is 0. The zero-order valence-electron chi connectivity index (χ0n) is 15.8. The van der Waals surface area contributed by atoms with Gasteiger partial charge in [-0.25, -0.2) is 4.79 Å². The van der Waals surface area contributed by atoms with E-state index in [9.17, 15) is 19.2 Å². The van der Waals surface area contributed by atoms with Crippen molar-refractivity contribution in [1.82, 2.24) is 15.6 Å². The van der Waals surface area contributed by atoms with Crippen molar-refractivity contribution in [3.8, 4) is 0 Å². The molecule has 2 amide bonds. The van der Waals surface area contributed by atoms with Gasteiger partial charge in [-0.15, -0.1) is 0 Å². The van der Waals surface area contributed by atoms with E-state index < -0.39 is 48.3 Å². The van der Waals surface area contributed by atoms with Gasteiger partial charge in [-0.05, 0) is 24.5 Å². The minimum atomic E-state index is -1.59. The molecule has 0 aliphatic rings. The monoisotopic (exact) mass is 404 g/mol. The highest BCUT2D eigenvalue weighted by atomic mass is 16.4. The molecule has 3 atom stereocenters. The Labute approximate surface area is 166 Å². The number of para-hydroxylation sites is 1. The lowest BCUT2D eigenvalue weighted by Gasteiger charge is -2.21. The molecular formula is C19H24N4O6. The van der Waals surface area contributed by atoms with Crippen LogP contribution in [-0.4, -0.2) is 57.1 Å². The lowest BCUT2D eigenvalue weighted by Crippen LogP contribution is -2.54. The number of aliphatic carboxylic acids is 2. The lowest BCUT2D eigenvalue weighted by atomic mass is 10.0. The largest absolute Gasteiger partial charge is 0.481 e. The zero-order chi connectivity index (χ0) is 21.6. The van der Waals surface area contributed by atoms with Gasteiger partial charge in [0.15, 0.2) is 0 Å². The molecule has 0 aliphatic heterocycles. The quantitative estimate of drug-likeness (QED) is 0.322. The van der Waals surface area contributed by atoms with E-state index in [1.54, 1.807) is 13.1 Å². The topological polar surface area (TPSA) is 175 Å². The first-order valence-electron chi connectivity index (χ1n) is 9.08. The number of fused-ring (bicyclic) bond motifs is 1. The Bertz CT molecular complexity index is 909. The molecule has 0 aliphatic carbocycles. The van der Waals surface area contributed by atoms with Crippen LogP contribution >= 0.6 is 0 Å². The van der Waals surface area contributed by atoms with E-state index >= 15 is 0 Å². The highest BCUT2D eigenvalue weighted by Crippen LogP contribution is 2.18. The van der Waals surface area contributed by atoms with Crippen LogP contribution in [0.2, 0.25) is 0 Å². The average Bonchev–Trinajstić information content (AvgIpc) is 3.07. The van der Waals surface area contributed by atoms with Crippen LogP contribution in [0.3, 0.4) is 0 Å². The molecule has 0 fully saturated rings. The summed E-state index contributed by atoms with van der Waals surface area (Å²) in [7, 11) is 0. The number of carboxylic acid groups (broad SMARTS) is 2. The van der Waals surface area contributed by atoms with Crippen molar-refractivity contribution in [2.45, 2.75) is 44.3 Å². The fraction of sp³-hybridized carbons (Fsp3) is 0.368. The van der Waals surface area contributed by atoms with Crippen molar-refractivity contribution < 1.29 is 29.4 Å². The minimum Gasteiger partial charge on any atom is -0.481 e.